The molecule has 110 valence electrons. The fraction of sp³-hybridized carbons (Fsp3) is 0.833. The first-order chi connectivity index (χ1) is 9.17. The molecule has 1 aromatic rings. The van der Waals surface area contributed by atoms with E-state index in [9.17, 15) is 5.11 Å². The number of methoxy groups -OCH3 is 1. The first-order valence-corrected chi connectivity index (χ1v) is 6.53. The molecule has 19 heavy (non-hydrogen) atoms. The quantitative estimate of drug-likeness (QED) is 0.614. The van der Waals surface area contributed by atoms with Gasteiger partial charge >= 0.3 is 0 Å². The standard InChI is InChI=1S/C12H24N4O3/c1-4-16-9-14-15-12(16)6-13-5-11(17)8-19-10(2)7-18-3/h9-11,13,17H,4-8H2,1-3H3. The summed E-state index contributed by atoms with van der Waals surface area (Å²) in [5, 5.41) is 20.7. The molecular formula is C12H24N4O3. The molecule has 0 aliphatic rings. The molecule has 2 unspecified atom stereocenters. The number of rotatable bonds is 10. The van der Waals surface area contributed by atoms with Crippen molar-refractivity contribution in [2.45, 2.75) is 39.1 Å². The average Bonchev–Trinajstić information content (AvgIpc) is 2.84. The molecule has 2 N–H and O–H groups in total. The van der Waals surface area contributed by atoms with E-state index in [0.717, 1.165) is 12.4 Å². The number of nitrogens with zero attached hydrogens (tertiary/aromatic N) is 3. The minimum Gasteiger partial charge on any atom is -0.389 e. The Bertz CT molecular complexity index is 345. The van der Waals surface area contributed by atoms with Gasteiger partial charge in [0.25, 0.3) is 0 Å². The highest BCUT2D eigenvalue weighted by Crippen LogP contribution is 1.96. The van der Waals surface area contributed by atoms with Gasteiger partial charge in [0, 0.05) is 20.2 Å². The van der Waals surface area contributed by atoms with E-state index in [1.807, 2.05) is 18.4 Å². The zero-order valence-corrected chi connectivity index (χ0v) is 11.9. The molecule has 0 saturated carbocycles. The maximum absolute atomic E-state index is 9.75. The predicted molar refractivity (Wildman–Crippen MR) is 70.7 cm³/mol. The van der Waals surface area contributed by atoms with Crippen LogP contribution in [0.25, 0.3) is 0 Å². The average molecular weight is 272 g/mol. The van der Waals surface area contributed by atoms with E-state index in [1.54, 1.807) is 13.4 Å². The van der Waals surface area contributed by atoms with Crippen molar-refractivity contribution in [2.75, 3.05) is 26.9 Å². The van der Waals surface area contributed by atoms with Crippen LogP contribution in [-0.2, 0) is 22.6 Å². The van der Waals surface area contributed by atoms with E-state index in [1.165, 1.54) is 0 Å². The summed E-state index contributed by atoms with van der Waals surface area (Å²) < 4.78 is 12.3. The highest BCUT2D eigenvalue weighted by molar-refractivity contribution is 4.84. The fourth-order valence-electron chi connectivity index (χ4n) is 1.65. The lowest BCUT2D eigenvalue weighted by molar-refractivity contribution is -0.0311. The third-order valence-electron chi connectivity index (χ3n) is 2.67. The van der Waals surface area contributed by atoms with E-state index in [4.69, 9.17) is 9.47 Å². The first-order valence-electron chi connectivity index (χ1n) is 6.53. The molecule has 0 fully saturated rings. The Kier molecular flexibility index (Phi) is 7.57. The Morgan fingerprint density at radius 1 is 1.47 bits per heavy atom. The monoisotopic (exact) mass is 272 g/mol. The summed E-state index contributed by atoms with van der Waals surface area (Å²) in [6.45, 7) is 6.64. The number of ether oxygens (including phenoxy) is 2. The van der Waals surface area contributed by atoms with Gasteiger partial charge < -0.3 is 24.5 Å². The van der Waals surface area contributed by atoms with E-state index >= 15 is 0 Å². The van der Waals surface area contributed by atoms with Gasteiger partial charge in [-0.1, -0.05) is 0 Å². The topological polar surface area (TPSA) is 81.4 Å². The normalized spacial score (nSPS) is 14.5. The fourth-order valence-corrected chi connectivity index (χ4v) is 1.65. The third kappa shape index (κ3) is 6.11. The number of hydrogen-bond acceptors (Lipinski definition) is 6. The van der Waals surface area contributed by atoms with Gasteiger partial charge in [-0.2, -0.15) is 0 Å². The van der Waals surface area contributed by atoms with E-state index in [0.29, 0.717) is 19.7 Å². The Morgan fingerprint density at radius 2 is 2.26 bits per heavy atom. The second-order valence-corrected chi connectivity index (χ2v) is 4.42. The smallest absolute Gasteiger partial charge is 0.146 e. The highest BCUT2D eigenvalue weighted by Gasteiger charge is 2.09. The third-order valence-corrected chi connectivity index (χ3v) is 2.67. The molecule has 0 radical (unpaired) electrons. The summed E-state index contributed by atoms with van der Waals surface area (Å²) in [6, 6.07) is 0. The minimum absolute atomic E-state index is 0.0113. The van der Waals surface area contributed by atoms with Crippen molar-refractivity contribution in [3.8, 4) is 0 Å². The molecule has 0 aliphatic carbocycles. The summed E-state index contributed by atoms with van der Waals surface area (Å²) in [6.07, 6.45) is 1.14. The SMILES string of the molecule is CCn1cnnc1CNCC(O)COC(C)COC. The summed E-state index contributed by atoms with van der Waals surface area (Å²) in [5.74, 6) is 0.864. The predicted octanol–water partition coefficient (Wildman–Crippen LogP) is -0.200. The van der Waals surface area contributed by atoms with Crippen LogP contribution in [0.5, 0.6) is 0 Å². The molecule has 1 aromatic heterocycles. The van der Waals surface area contributed by atoms with Gasteiger partial charge in [-0.3, -0.25) is 0 Å². The van der Waals surface area contributed by atoms with Gasteiger partial charge in [0.05, 0.1) is 32.0 Å². The van der Waals surface area contributed by atoms with Crippen molar-refractivity contribution in [3.63, 3.8) is 0 Å². The number of aliphatic hydroxyl groups is 1. The van der Waals surface area contributed by atoms with Crippen LogP contribution in [0.1, 0.15) is 19.7 Å². The number of aromatic nitrogens is 3. The number of aryl methyl sites for hydroxylation is 1. The Balaban J connectivity index is 2.15. The van der Waals surface area contributed by atoms with Gasteiger partial charge in [0.2, 0.25) is 0 Å². The van der Waals surface area contributed by atoms with E-state index in [2.05, 4.69) is 15.5 Å². The van der Waals surface area contributed by atoms with Crippen LogP contribution in [0.2, 0.25) is 0 Å². The van der Waals surface area contributed by atoms with Crippen LogP contribution in [0.15, 0.2) is 6.33 Å². The molecule has 2 atom stereocenters. The molecule has 0 spiro atoms. The maximum Gasteiger partial charge on any atom is 0.146 e. The van der Waals surface area contributed by atoms with Crippen LogP contribution in [0.4, 0.5) is 0 Å². The van der Waals surface area contributed by atoms with Crippen LogP contribution in [0.3, 0.4) is 0 Å². The van der Waals surface area contributed by atoms with Gasteiger partial charge in [-0.05, 0) is 13.8 Å². The molecule has 1 heterocycles. The maximum atomic E-state index is 9.75. The Hall–Kier alpha value is -1.02. The lowest BCUT2D eigenvalue weighted by Crippen LogP contribution is -2.32. The second kappa shape index (κ2) is 8.98. The molecule has 7 heteroatoms. The molecule has 0 saturated heterocycles. The van der Waals surface area contributed by atoms with Crippen molar-refractivity contribution in [3.05, 3.63) is 12.2 Å². The van der Waals surface area contributed by atoms with Crippen molar-refractivity contribution in [1.82, 2.24) is 20.1 Å². The number of aliphatic hydroxyl groups excluding tert-OH is 1. The van der Waals surface area contributed by atoms with Gasteiger partial charge in [0.1, 0.15) is 12.2 Å². The molecular weight excluding hydrogens is 248 g/mol. The highest BCUT2D eigenvalue weighted by atomic mass is 16.5. The van der Waals surface area contributed by atoms with Crippen molar-refractivity contribution in [2.24, 2.45) is 0 Å². The van der Waals surface area contributed by atoms with Crippen LogP contribution < -0.4 is 5.32 Å². The van der Waals surface area contributed by atoms with E-state index < -0.39 is 6.10 Å². The molecule has 7 nitrogen and oxygen atoms in total. The zero-order valence-electron chi connectivity index (χ0n) is 11.9. The van der Waals surface area contributed by atoms with Crippen molar-refractivity contribution in [1.29, 1.82) is 0 Å². The summed E-state index contributed by atoms with van der Waals surface area (Å²) in [4.78, 5) is 0. The van der Waals surface area contributed by atoms with Gasteiger partial charge in [-0.15, -0.1) is 10.2 Å². The zero-order chi connectivity index (χ0) is 14.1. The minimum atomic E-state index is -0.544. The lowest BCUT2D eigenvalue weighted by atomic mass is 10.3. The molecule has 1 rings (SSSR count). The molecule has 0 aromatic carbocycles. The number of hydrogen-bond donors (Lipinski definition) is 2. The van der Waals surface area contributed by atoms with Crippen LogP contribution in [-0.4, -0.2) is 58.9 Å². The largest absolute Gasteiger partial charge is 0.389 e. The van der Waals surface area contributed by atoms with Crippen LogP contribution >= 0.6 is 0 Å². The second-order valence-electron chi connectivity index (χ2n) is 4.42. The molecule has 0 aliphatic heterocycles. The Morgan fingerprint density at radius 3 is 2.95 bits per heavy atom. The first kappa shape index (κ1) is 16.0. The van der Waals surface area contributed by atoms with E-state index in [-0.39, 0.29) is 12.7 Å². The van der Waals surface area contributed by atoms with Crippen molar-refractivity contribution < 1.29 is 14.6 Å². The summed E-state index contributed by atoms with van der Waals surface area (Å²) in [5.41, 5.74) is 0. The number of nitrogens with one attached hydrogen (secondary N) is 1. The lowest BCUT2D eigenvalue weighted by Gasteiger charge is -2.16. The van der Waals surface area contributed by atoms with Crippen LogP contribution in [0, 0.1) is 0 Å². The Labute approximate surface area is 113 Å². The van der Waals surface area contributed by atoms with Gasteiger partial charge in [0.15, 0.2) is 0 Å². The molecule has 0 amide bonds. The van der Waals surface area contributed by atoms with Gasteiger partial charge in [-0.25, -0.2) is 0 Å². The molecule has 0 bridgehead atoms. The van der Waals surface area contributed by atoms with Crippen molar-refractivity contribution >= 4 is 0 Å². The summed E-state index contributed by atoms with van der Waals surface area (Å²) in [7, 11) is 1.63. The summed E-state index contributed by atoms with van der Waals surface area (Å²) >= 11 is 0.